The molecule has 0 radical (unpaired) electrons. The Balaban J connectivity index is 2.81. The van der Waals surface area contributed by atoms with Crippen molar-refractivity contribution in [2.45, 2.75) is 13.3 Å². The number of halogens is 1. The first-order chi connectivity index (χ1) is 5.83. The van der Waals surface area contributed by atoms with Gasteiger partial charge in [0.05, 0.1) is 5.52 Å². The number of nitrogens with zero attached hydrogens (tertiary/aromatic N) is 1. The second kappa shape index (κ2) is 2.79. The highest BCUT2D eigenvalue weighted by atomic mass is 35.5. The van der Waals surface area contributed by atoms with Gasteiger partial charge in [-0.1, -0.05) is 30.7 Å². The first-order valence-electron chi connectivity index (χ1n) is 3.94. The standard InChI is InChI=1S/C9H9ClN2/c1-2-6-4-3-5-7-8(6)11-12-9(7)10/h3-5H,2H2,1H3,(H,11,12). The lowest BCUT2D eigenvalue weighted by molar-refractivity contribution is 1.09. The second-order valence-electron chi connectivity index (χ2n) is 2.70. The molecule has 0 aliphatic heterocycles. The molecule has 3 heteroatoms. The quantitative estimate of drug-likeness (QED) is 0.719. The fourth-order valence-corrected chi connectivity index (χ4v) is 1.55. The molecule has 0 saturated carbocycles. The molecule has 1 aromatic carbocycles. The average Bonchev–Trinajstić information content (AvgIpc) is 2.48. The molecule has 0 atom stereocenters. The van der Waals surface area contributed by atoms with Crippen LogP contribution in [0.4, 0.5) is 0 Å². The van der Waals surface area contributed by atoms with Crippen LogP contribution in [0.3, 0.4) is 0 Å². The van der Waals surface area contributed by atoms with Crippen molar-refractivity contribution in [3.05, 3.63) is 28.9 Å². The van der Waals surface area contributed by atoms with Crippen LogP contribution in [-0.2, 0) is 6.42 Å². The minimum atomic E-state index is 0.625. The van der Waals surface area contributed by atoms with E-state index in [2.05, 4.69) is 23.2 Å². The van der Waals surface area contributed by atoms with Crippen LogP contribution >= 0.6 is 11.6 Å². The lowest BCUT2D eigenvalue weighted by atomic mass is 10.1. The number of benzene rings is 1. The largest absolute Gasteiger partial charge is 0.266 e. The number of H-pyrrole nitrogens is 1. The lowest BCUT2D eigenvalue weighted by Crippen LogP contribution is -1.81. The molecule has 2 aromatic rings. The summed E-state index contributed by atoms with van der Waals surface area (Å²) in [6, 6.07) is 6.04. The van der Waals surface area contributed by atoms with E-state index in [1.54, 1.807) is 0 Å². The molecule has 0 saturated heterocycles. The van der Waals surface area contributed by atoms with Gasteiger partial charge in [-0.15, -0.1) is 0 Å². The lowest BCUT2D eigenvalue weighted by Gasteiger charge is -1.95. The highest BCUT2D eigenvalue weighted by Gasteiger charge is 2.04. The molecule has 0 aliphatic carbocycles. The Morgan fingerprint density at radius 3 is 3.08 bits per heavy atom. The minimum absolute atomic E-state index is 0.625. The number of fused-ring (bicyclic) bond motifs is 1. The van der Waals surface area contributed by atoms with Gasteiger partial charge in [-0.05, 0) is 18.1 Å². The predicted molar refractivity (Wildman–Crippen MR) is 50.5 cm³/mol. The van der Waals surface area contributed by atoms with Crippen molar-refractivity contribution in [3.63, 3.8) is 0 Å². The number of aryl methyl sites for hydroxylation is 1. The van der Waals surface area contributed by atoms with Gasteiger partial charge in [0, 0.05) is 5.39 Å². The minimum Gasteiger partial charge on any atom is -0.266 e. The molecular weight excluding hydrogens is 172 g/mol. The van der Waals surface area contributed by atoms with Crippen LogP contribution < -0.4 is 0 Å². The fourth-order valence-electron chi connectivity index (χ4n) is 1.35. The summed E-state index contributed by atoms with van der Waals surface area (Å²) in [4.78, 5) is 0. The topological polar surface area (TPSA) is 28.7 Å². The number of aromatic amines is 1. The normalized spacial score (nSPS) is 10.8. The van der Waals surface area contributed by atoms with E-state index in [-0.39, 0.29) is 0 Å². The number of aromatic nitrogens is 2. The molecule has 0 amide bonds. The van der Waals surface area contributed by atoms with E-state index < -0.39 is 0 Å². The number of hydrogen-bond donors (Lipinski definition) is 1. The van der Waals surface area contributed by atoms with Crippen LogP contribution in [0, 0.1) is 0 Å². The zero-order valence-electron chi connectivity index (χ0n) is 6.76. The SMILES string of the molecule is CCc1cccc2c(Cl)[nH]nc12. The molecule has 1 N–H and O–H groups in total. The first kappa shape index (κ1) is 7.62. The van der Waals surface area contributed by atoms with Gasteiger partial charge in [0.2, 0.25) is 0 Å². The molecule has 0 bridgehead atoms. The van der Waals surface area contributed by atoms with Crippen LogP contribution in [0.25, 0.3) is 10.9 Å². The van der Waals surface area contributed by atoms with Gasteiger partial charge in [0.25, 0.3) is 0 Å². The van der Waals surface area contributed by atoms with Crippen LogP contribution in [0.15, 0.2) is 18.2 Å². The van der Waals surface area contributed by atoms with E-state index in [1.807, 2.05) is 12.1 Å². The Labute approximate surface area is 75.5 Å². The number of para-hydroxylation sites is 1. The Bertz CT molecular complexity index is 406. The van der Waals surface area contributed by atoms with Gasteiger partial charge in [-0.2, -0.15) is 5.10 Å². The summed E-state index contributed by atoms with van der Waals surface area (Å²) >= 11 is 5.88. The van der Waals surface area contributed by atoms with Crippen molar-refractivity contribution in [2.24, 2.45) is 0 Å². The van der Waals surface area contributed by atoms with E-state index in [9.17, 15) is 0 Å². The van der Waals surface area contributed by atoms with Gasteiger partial charge in [0.15, 0.2) is 0 Å². The zero-order chi connectivity index (χ0) is 8.55. The monoisotopic (exact) mass is 180 g/mol. The molecule has 0 fully saturated rings. The summed E-state index contributed by atoms with van der Waals surface area (Å²) in [5.41, 5.74) is 2.22. The maximum atomic E-state index is 5.88. The molecule has 0 spiro atoms. The smallest absolute Gasteiger partial charge is 0.132 e. The van der Waals surface area contributed by atoms with Crippen molar-refractivity contribution in [1.29, 1.82) is 0 Å². The van der Waals surface area contributed by atoms with Gasteiger partial charge < -0.3 is 0 Å². The molecule has 62 valence electrons. The zero-order valence-corrected chi connectivity index (χ0v) is 7.52. The van der Waals surface area contributed by atoms with Gasteiger partial charge in [-0.25, -0.2) is 0 Å². The molecule has 1 heterocycles. The van der Waals surface area contributed by atoms with Crippen LogP contribution in [0.2, 0.25) is 5.15 Å². The maximum Gasteiger partial charge on any atom is 0.132 e. The van der Waals surface area contributed by atoms with Crippen molar-refractivity contribution >= 4 is 22.5 Å². The Morgan fingerprint density at radius 1 is 1.50 bits per heavy atom. The third-order valence-corrected chi connectivity index (χ3v) is 2.29. The summed E-state index contributed by atoms with van der Waals surface area (Å²) in [6.45, 7) is 2.11. The third kappa shape index (κ3) is 0.994. The summed E-state index contributed by atoms with van der Waals surface area (Å²) in [7, 11) is 0. The molecule has 12 heavy (non-hydrogen) atoms. The average molecular weight is 181 g/mol. The van der Waals surface area contributed by atoms with E-state index in [4.69, 9.17) is 11.6 Å². The number of nitrogens with one attached hydrogen (secondary N) is 1. The van der Waals surface area contributed by atoms with Crippen LogP contribution in [0.5, 0.6) is 0 Å². The van der Waals surface area contributed by atoms with Crippen LogP contribution in [-0.4, -0.2) is 10.2 Å². The van der Waals surface area contributed by atoms with Crippen molar-refractivity contribution in [2.75, 3.05) is 0 Å². The van der Waals surface area contributed by atoms with Crippen molar-refractivity contribution < 1.29 is 0 Å². The van der Waals surface area contributed by atoms with E-state index >= 15 is 0 Å². The molecule has 0 aliphatic rings. The highest BCUT2D eigenvalue weighted by molar-refractivity contribution is 6.34. The number of rotatable bonds is 1. The summed E-state index contributed by atoms with van der Waals surface area (Å²) in [6.07, 6.45) is 0.985. The van der Waals surface area contributed by atoms with Crippen molar-refractivity contribution in [3.8, 4) is 0 Å². The van der Waals surface area contributed by atoms with Crippen LogP contribution in [0.1, 0.15) is 12.5 Å². The van der Waals surface area contributed by atoms with E-state index in [0.717, 1.165) is 17.3 Å². The molecular formula is C9H9ClN2. The maximum absolute atomic E-state index is 5.88. The fraction of sp³-hybridized carbons (Fsp3) is 0.222. The summed E-state index contributed by atoms with van der Waals surface area (Å²) in [5.74, 6) is 0. The molecule has 0 unspecified atom stereocenters. The third-order valence-electron chi connectivity index (χ3n) is 2.00. The van der Waals surface area contributed by atoms with Gasteiger partial charge >= 0.3 is 0 Å². The van der Waals surface area contributed by atoms with Gasteiger partial charge in [-0.3, -0.25) is 5.10 Å². The predicted octanol–water partition coefficient (Wildman–Crippen LogP) is 2.78. The summed E-state index contributed by atoms with van der Waals surface area (Å²) < 4.78 is 0. The molecule has 1 aromatic heterocycles. The highest BCUT2D eigenvalue weighted by Crippen LogP contribution is 2.22. The Hall–Kier alpha value is -1.02. The first-order valence-corrected chi connectivity index (χ1v) is 4.32. The van der Waals surface area contributed by atoms with Crippen molar-refractivity contribution in [1.82, 2.24) is 10.2 Å². The molecule has 2 rings (SSSR count). The second-order valence-corrected chi connectivity index (χ2v) is 3.08. The summed E-state index contributed by atoms with van der Waals surface area (Å²) in [5, 5.41) is 8.53. The Morgan fingerprint density at radius 2 is 2.33 bits per heavy atom. The van der Waals surface area contributed by atoms with E-state index in [1.165, 1.54) is 5.56 Å². The number of hydrogen-bond acceptors (Lipinski definition) is 1. The van der Waals surface area contributed by atoms with Gasteiger partial charge in [0.1, 0.15) is 5.15 Å². The Kier molecular flexibility index (Phi) is 1.77. The molecule has 2 nitrogen and oxygen atoms in total. The van der Waals surface area contributed by atoms with E-state index in [0.29, 0.717) is 5.15 Å².